The Labute approximate surface area is 119 Å². The minimum atomic E-state index is -0.242. The Bertz CT molecular complexity index is 583. The summed E-state index contributed by atoms with van der Waals surface area (Å²) < 4.78 is 19.6. The molecule has 20 heavy (non-hydrogen) atoms. The van der Waals surface area contributed by atoms with Crippen molar-refractivity contribution in [3.8, 4) is 5.75 Å². The molecule has 0 saturated carbocycles. The lowest BCUT2D eigenvalue weighted by Gasteiger charge is -2.13. The summed E-state index contributed by atoms with van der Waals surface area (Å²) in [6.07, 6.45) is 0. The molecule has 1 unspecified atom stereocenters. The molecule has 2 nitrogen and oxygen atoms in total. The molecule has 106 valence electrons. The molecule has 2 rings (SSSR count). The fourth-order valence-corrected chi connectivity index (χ4v) is 2.04. The summed E-state index contributed by atoms with van der Waals surface area (Å²) in [5.74, 6) is 0.312. The number of nitrogens with one attached hydrogen (secondary N) is 1. The molecule has 0 aliphatic rings. The number of aryl methyl sites for hydroxylation is 1. The van der Waals surface area contributed by atoms with Crippen LogP contribution in [0.25, 0.3) is 0 Å². The van der Waals surface area contributed by atoms with Crippen LogP contribution in [0.3, 0.4) is 0 Å². The molecule has 0 aliphatic heterocycles. The van der Waals surface area contributed by atoms with E-state index >= 15 is 0 Å². The van der Waals surface area contributed by atoms with Crippen molar-refractivity contribution in [3.63, 3.8) is 0 Å². The summed E-state index contributed by atoms with van der Waals surface area (Å²) in [7, 11) is 1.81. The third-order valence-electron chi connectivity index (χ3n) is 3.53. The van der Waals surface area contributed by atoms with Gasteiger partial charge in [0.25, 0.3) is 0 Å². The zero-order chi connectivity index (χ0) is 14.5. The van der Waals surface area contributed by atoms with Crippen molar-refractivity contribution >= 4 is 0 Å². The van der Waals surface area contributed by atoms with Crippen molar-refractivity contribution in [2.45, 2.75) is 26.5 Å². The number of hydrogen-bond donors (Lipinski definition) is 1. The summed E-state index contributed by atoms with van der Waals surface area (Å²) in [5, 5.41) is 3.03. The Morgan fingerprint density at radius 1 is 1.20 bits per heavy atom. The molecular weight excluding hydrogens is 253 g/mol. The molecule has 0 aromatic heterocycles. The number of benzene rings is 2. The van der Waals surface area contributed by atoms with Crippen LogP contribution in [0.15, 0.2) is 42.5 Å². The standard InChI is InChI=1S/C17H20FNO/c1-12-6-4-5-7-14(12)11-20-15-8-9-16(13(2)19-3)17(18)10-15/h4-10,13,19H,11H2,1-3H3. The quantitative estimate of drug-likeness (QED) is 0.889. The van der Waals surface area contributed by atoms with E-state index < -0.39 is 0 Å². The van der Waals surface area contributed by atoms with Crippen molar-refractivity contribution in [1.82, 2.24) is 5.32 Å². The maximum atomic E-state index is 14.0. The zero-order valence-electron chi connectivity index (χ0n) is 12.1. The van der Waals surface area contributed by atoms with Gasteiger partial charge in [0.2, 0.25) is 0 Å². The van der Waals surface area contributed by atoms with Crippen LogP contribution < -0.4 is 10.1 Å². The lowest BCUT2D eigenvalue weighted by atomic mass is 10.1. The highest BCUT2D eigenvalue weighted by Gasteiger charge is 2.10. The van der Waals surface area contributed by atoms with Crippen LogP contribution in [-0.2, 0) is 6.61 Å². The van der Waals surface area contributed by atoms with Crippen molar-refractivity contribution in [2.75, 3.05) is 7.05 Å². The molecule has 0 amide bonds. The number of rotatable bonds is 5. The van der Waals surface area contributed by atoms with E-state index in [1.807, 2.05) is 51.2 Å². The van der Waals surface area contributed by atoms with Gasteiger partial charge in [0, 0.05) is 17.7 Å². The van der Waals surface area contributed by atoms with Gasteiger partial charge in [-0.25, -0.2) is 4.39 Å². The topological polar surface area (TPSA) is 21.3 Å². The van der Waals surface area contributed by atoms with Gasteiger partial charge in [-0.1, -0.05) is 30.3 Å². The molecule has 3 heteroatoms. The first-order chi connectivity index (χ1) is 9.61. The van der Waals surface area contributed by atoms with Crippen LogP contribution in [0.1, 0.15) is 29.7 Å². The van der Waals surface area contributed by atoms with Crippen molar-refractivity contribution in [1.29, 1.82) is 0 Å². The average molecular weight is 273 g/mol. The first-order valence-electron chi connectivity index (χ1n) is 6.76. The second-order valence-corrected chi connectivity index (χ2v) is 4.91. The Kier molecular flexibility index (Phi) is 4.74. The molecule has 0 aliphatic carbocycles. The molecule has 1 atom stereocenters. The van der Waals surface area contributed by atoms with E-state index in [0.29, 0.717) is 17.9 Å². The first-order valence-corrected chi connectivity index (χ1v) is 6.76. The smallest absolute Gasteiger partial charge is 0.131 e. The van der Waals surface area contributed by atoms with Gasteiger partial charge >= 0.3 is 0 Å². The molecular formula is C17H20FNO. The maximum absolute atomic E-state index is 14.0. The zero-order valence-corrected chi connectivity index (χ0v) is 12.1. The second-order valence-electron chi connectivity index (χ2n) is 4.91. The van der Waals surface area contributed by atoms with Gasteiger partial charge in [0.05, 0.1) is 0 Å². The minimum Gasteiger partial charge on any atom is -0.489 e. The SMILES string of the molecule is CNC(C)c1ccc(OCc2ccccc2C)cc1F. The predicted octanol–water partition coefficient (Wildman–Crippen LogP) is 3.99. The van der Waals surface area contributed by atoms with E-state index in [-0.39, 0.29) is 11.9 Å². The van der Waals surface area contributed by atoms with Crippen LogP contribution in [0.4, 0.5) is 4.39 Å². The normalized spacial score (nSPS) is 12.2. The second kappa shape index (κ2) is 6.53. The van der Waals surface area contributed by atoms with Crippen molar-refractivity contribution in [3.05, 3.63) is 65.0 Å². The summed E-state index contributed by atoms with van der Waals surface area (Å²) in [6.45, 7) is 4.41. The van der Waals surface area contributed by atoms with E-state index in [1.54, 1.807) is 6.07 Å². The summed E-state index contributed by atoms with van der Waals surface area (Å²) in [6, 6.07) is 13.0. The highest BCUT2D eigenvalue weighted by Crippen LogP contribution is 2.22. The lowest BCUT2D eigenvalue weighted by Crippen LogP contribution is -2.13. The van der Waals surface area contributed by atoms with Crippen LogP contribution in [0, 0.1) is 12.7 Å². The summed E-state index contributed by atoms with van der Waals surface area (Å²) in [4.78, 5) is 0. The Morgan fingerprint density at radius 3 is 2.60 bits per heavy atom. The third kappa shape index (κ3) is 3.36. The highest BCUT2D eigenvalue weighted by molar-refractivity contribution is 5.31. The predicted molar refractivity (Wildman–Crippen MR) is 79.4 cm³/mol. The maximum Gasteiger partial charge on any atom is 0.131 e. The average Bonchev–Trinajstić information content (AvgIpc) is 2.46. The highest BCUT2D eigenvalue weighted by atomic mass is 19.1. The van der Waals surface area contributed by atoms with E-state index in [9.17, 15) is 4.39 Å². The minimum absolute atomic E-state index is 0.0135. The van der Waals surface area contributed by atoms with Gasteiger partial charge < -0.3 is 10.1 Å². The number of hydrogen-bond acceptors (Lipinski definition) is 2. The monoisotopic (exact) mass is 273 g/mol. The number of ether oxygens (including phenoxy) is 1. The fourth-order valence-electron chi connectivity index (χ4n) is 2.04. The Morgan fingerprint density at radius 2 is 1.95 bits per heavy atom. The van der Waals surface area contributed by atoms with Gasteiger partial charge in [-0.05, 0) is 38.1 Å². The molecule has 0 heterocycles. The summed E-state index contributed by atoms with van der Waals surface area (Å²) >= 11 is 0. The third-order valence-corrected chi connectivity index (χ3v) is 3.53. The van der Waals surface area contributed by atoms with Gasteiger partial charge in [-0.2, -0.15) is 0 Å². The van der Waals surface area contributed by atoms with Crippen molar-refractivity contribution in [2.24, 2.45) is 0 Å². The van der Waals surface area contributed by atoms with Crippen LogP contribution >= 0.6 is 0 Å². The molecule has 2 aromatic rings. The van der Waals surface area contributed by atoms with E-state index in [0.717, 1.165) is 5.56 Å². The van der Waals surface area contributed by atoms with E-state index in [2.05, 4.69) is 5.32 Å². The molecule has 0 spiro atoms. The Balaban J connectivity index is 2.08. The summed E-state index contributed by atoms with van der Waals surface area (Å²) in [5.41, 5.74) is 2.93. The van der Waals surface area contributed by atoms with E-state index in [1.165, 1.54) is 11.6 Å². The van der Waals surface area contributed by atoms with Crippen molar-refractivity contribution < 1.29 is 9.13 Å². The van der Waals surface area contributed by atoms with Gasteiger partial charge in [-0.15, -0.1) is 0 Å². The molecule has 0 radical (unpaired) electrons. The van der Waals surface area contributed by atoms with Crippen LogP contribution in [-0.4, -0.2) is 7.05 Å². The molecule has 1 N–H and O–H groups in total. The molecule has 0 fully saturated rings. The fraction of sp³-hybridized carbons (Fsp3) is 0.294. The van der Waals surface area contributed by atoms with Gasteiger partial charge in [0.1, 0.15) is 18.2 Å². The first kappa shape index (κ1) is 14.5. The van der Waals surface area contributed by atoms with Gasteiger partial charge in [-0.3, -0.25) is 0 Å². The molecule has 2 aromatic carbocycles. The van der Waals surface area contributed by atoms with Crippen LogP contribution in [0.5, 0.6) is 5.75 Å². The number of halogens is 1. The lowest BCUT2D eigenvalue weighted by molar-refractivity contribution is 0.303. The molecule has 0 saturated heterocycles. The Hall–Kier alpha value is -1.87. The van der Waals surface area contributed by atoms with Gasteiger partial charge in [0.15, 0.2) is 0 Å². The van der Waals surface area contributed by atoms with E-state index in [4.69, 9.17) is 4.74 Å². The van der Waals surface area contributed by atoms with Crippen LogP contribution in [0.2, 0.25) is 0 Å². The largest absolute Gasteiger partial charge is 0.489 e. The molecule has 0 bridgehead atoms.